The van der Waals surface area contributed by atoms with Gasteiger partial charge in [0.1, 0.15) is 11.4 Å². The maximum atomic E-state index is 12.6. The molecule has 2 unspecified atom stereocenters. The van der Waals surface area contributed by atoms with Crippen LogP contribution < -0.4 is 4.74 Å². The van der Waals surface area contributed by atoms with Crippen molar-refractivity contribution < 1.29 is 14.3 Å². The summed E-state index contributed by atoms with van der Waals surface area (Å²) in [7, 11) is 0. The number of hydrogen-bond acceptors (Lipinski definition) is 3. The Balaban J connectivity index is 1.60. The van der Waals surface area contributed by atoms with E-state index in [0.29, 0.717) is 6.61 Å². The SMILES string of the molecule is CC(C)(C)OC(=O)N1C2C=C(CCOc3ccccc3)CC1CCC2. The molecule has 2 heterocycles. The quantitative estimate of drug-likeness (QED) is 0.727. The molecule has 0 radical (unpaired) electrons. The standard InChI is InChI=1S/C21H29NO3/c1-21(2,3)25-20(23)22-17-8-7-9-18(22)15-16(14-17)12-13-24-19-10-5-4-6-11-19/h4-6,10-11,14,17-18H,7-9,12-13,15H2,1-3H3. The van der Waals surface area contributed by atoms with Gasteiger partial charge in [0.05, 0.1) is 12.6 Å². The van der Waals surface area contributed by atoms with Gasteiger partial charge in [0.15, 0.2) is 0 Å². The average Bonchev–Trinajstić information content (AvgIpc) is 2.53. The Morgan fingerprint density at radius 1 is 1.20 bits per heavy atom. The van der Waals surface area contributed by atoms with Crippen LogP contribution >= 0.6 is 0 Å². The molecule has 2 aliphatic rings. The summed E-state index contributed by atoms with van der Waals surface area (Å²) >= 11 is 0. The number of carbonyl (C=O) groups excluding carboxylic acids is 1. The van der Waals surface area contributed by atoms with Crippen molar-refractivity contribution in [2.75, 3.05) is 6.61 Å². The van der Waals surface area contributed by atoms with Gasteiger partial charge < -0.3 is 9.47 Å². The molecule has 4 nitrogen and oxygen atoms in total. The zero-order chi connectivity index (χ0) is 17.9. The number of fused-ring (bicyclic) bond motifs is 2. The van der Waals surface area contributed by atoms with Crippen molar-refractivity contribution in [2.24, 2.45) is 0 Å². The van der Waals surface area contributed by atoms with Gasteiger partial charge in [-0.1, -0.05) is 29.8 Å². The summed E-state index contributed by atoms with van der Waals surface area (Å²) in [4.78, 5) is 14.6. The number of carbonyl (C=O) groups is 1. The van der Waals surface area contributed by atoms with E-state index >= 15 is 0 Å². The van der Waals surface area contributed by atoms with Crippen LogP contribution in [0.15, 0.2) is 42.0 Å². The molecule has 1 fully saturated rings. The van der Waals surface area contributed by atoms with E-state index in [2.05, 4.69) is 6.08 Å². The molecular formula is C21H29NO3. The number of piperidine rings is 1. The third-order valence-electron chi connectivity index (χ3n) is 4.75. The van der Waals surface area contributed by atoms with E-state index < -0.39 is 5.60 Å². The summed E-state index contributed by atoms with van der Waals surface area (Å²) in [5.41, 5.74) is 0.962. The molecule has 4 heteroatoms. The molecule has 0 aromatic heterocycles. The van der Waals surface area contributed by atoms with Gasteiger partial charge in [-0.3, -0.25) is 4.90 Å². The van der Waals surface area contributed by atoms with Gasteiger partial charge in [0, 0.05) is 12.5 Å². The molecule has 0 aliphatic carbocycles. The van der Waals surface area contributed by atoms with Crippen molar-refractivity contribution in [3.63, 3.8) is 0 Å². The number of benzene rings is 1. The first-order chi connectivity index (χ1) is 11.9. The molecule has 1 aromatic carbocycles. The third-order valence-corrected chi connectivity index (χ3v) is 4.75. The van der Waals surface area contributed by atoms with Crippen molar-refractivity contribution in [2.45, 2.75) is 70.6 Å². The molecule has 2 bridgehead atoms. The summed E-state index contributed by atoms with van der Waals surface area (Å²) < 4.78 is 11.4. The smallest absolute Gasteiger partial charge is 0.411 e. The second kappa shape index (κ2) is 7.51. The summed E-state index contributed by atoms with van der Waals surface area (Å²) in [5.74, 6) is 0.912. The Hall–Kier alpha value is -1.97. The molecule has 25 heavy (non-hydrogen) atoms. The van der Waals surface area contributed by atoms with Crippen molar-refractivity contribution in [3.05, 3.63) is 42.0 Å². The van der Waals surface area contributed by atoms with Gasteiger partial charge in [0.2, 0.25) is 0 Å². The lowest BCUT2D eigenvalue weighted by Crippen LogP contribution is -2.53. The first-order valence-corrected chi connectivity index (χ1v) is 9.31. The fraction of sp³-hybridized carbons (Fsp3) is 0.571. The Bertz CT molecular complexity index is 618. The summed E-state index contributed by atoms with van der Waals surface area (Å²) in [6.45, 7) is 6.45. The molecule has 1 saturated heterocycles. The third kappa shape index (κ3) is 4.77. The number of hydrogen-bond donors (Lipinski definition) is 0. The maximum Gasteiger partial charge on any atom is 0.411 e. The predicted molar refractivity (Wildman–Crippen MR) is 98.8 cm³/mol. The molecule has 2 atom stereocenters. The minimum absolute atomic E-state index is 0.168. The lowest BCUT2D eigenvalue weighted by Gasteiger charge is -2.45. The van der Waals surface area contributed by atoms with Gasteiger partial charge in [-0.05, 0) is 58.6 Å². The van der Waals surface area contributed by atoms with Crippen LogP contribution in [0.3, 0.4) is 0 Å². The summed E-state index contributed by atoms with van der Waals surface area (Å²) in [6.07, 6.45) is 7.23. The van der Waals surface area contributed by atoms with Crippen LogP contribution in [-0.2, 0) is 4.74 Å². The lowest BCUT2D eigenvalue weighted by atomic mass is 9.84. The number of rotatable bonds is 4. The largest absolute Gasteiger partial charge is 0.493 e. The molecular weight excluding hydrogens is 314 g/mol. The van der Waals surface area contributed by atoms with Gasteiger partial charge in [-0.25, -0.2) is 4.79 Å². The topological polar surface area (TPSA) is 38.8 Å². The monoisotopic (exact) mass is 343 g/mol. The zero-order valence-electron chi connectivity index (χ0n) is 15.5. The normalized spacial score (nSPS) is 23.0. The molecule has 0 N–H and O–H groups in total. The highest BCUT2D eigenvalue weighted by molar-refractivity contribution is 5.70. The molecule has 2 aliphatic heterocycles. The second-order valence-electron chi connectivity index (χ2n) is 7.98. The van der Waals surface area contributed by atoms with E-state index in [9.17, 15) is 4.79 Å². The number of para-hydroxylation sites is 1. The first kappa shape index (κ1) is 17.8. The molecule has 1 amide bonds. The molecule has 0 saturated carbocycles. The Labute approximate surface area is 150 Å². The van der Waals surface area contributed by atoms with Crippen LogP contribution in [0, 0.1) is 0 Å². The van der Waals surface area contributed by atoms with Gasteiger partial charge >= 0.3 is 6.09 Å². The van der Waals surface area contributed by atoms with E-state index in [-0.39, 0.29) is 18.2 Å². The van der Waals surface area contributed by atoms with Crippen LogP contribution in [0.1, 0.15) is 52.9 Å². The van der Waals surface area contributed by atoms with E-state index in [0.717, 1.165) is 31.4 Å². The van der Waals surface area contributed by atoms with Crippen LogP contribution in [0.2, 0.25) is 0 Å². The van der Waals surface area contributed by atoms with Crippen molar-refractivity contribution >= 4 is 6.09 Å². The summed E-state index contributed by atoms with van der Waals surface area (Å²) in [6, 6.07) is 10.4. The molecule has 0 spiro atoms. The Morgan fingerprint density at radius 3 is 2.64 bits per heavy atom. The van der Waals surface area contributed by atoms with Crippen molar-refractivity contribution in [1.29, 1.82) is 0 Å². The van der Waals surface area contributed by atoms with E-state index in [4.69, 9.17) is 9.47 Å². The predicted octanol–water partition coefficient (Wildman–Crippen LogP) is 4.94. The minimum Gasteiger partial charge on any atom is -0.493 e. The van der Waals surface area contributed by atoms with Crippen LogP contribution in [0.4, 0.5) is 4.79 Å². The second-order valence-corrected chi connectivity index (χ2v) is 7.98. The Morgan fingerprint density at radius 2 is 1.96 bits per heavy atom. The highest BCUT2D eigenvalue weighted by atomic mass is 16.6. The number of nitrogens with zero attached hydrogens (tertiary/aromatic N) is 1. The van der Waals surface area contributed by atoms with Crippen molar-refractivity contribution in [3.8, 4) is 5.75 Å². The van der Waals surface area contributed by atoms with Crippen LogP contribution in [0.5, 0.6) is 5.75 Å². The van der Waals surface area contributed by atoms with Gasteiger partial charge in [-0.2, -0.15) is 0 Å². The minimum atomic E-state index is -0.446. The van der Waals surface area contributed by atoms with Gasteiger partial charge in [-0.15, -0.1) is 0 Å². The fourth-order valence-corrected chi connectivity index (χ4v) is 3.72. The zero-order valence-corrected chi connectivity index (χ0v) is 15.5. The average molecular weight is 343 g/mol. The van der Waals surface area contributed by atoms with E-state index in [1.165, 1.54) is 12.0 Å². The van der Waals surface area contributed by atoms with E-state index in [1.54, 1.807) is 0 Å². The molecule has 1 aromatic rings. The van der Waals surface area contributed by atoms with Crippen LogP contribution in [0.25, 0.3) is 0 Å². The highest BCUT2D eigenvalue weighted by Gasteiger charge is 2.38. The first-order valence-electron chi connectivity index (χ1n) is 9.31. The molecule has 136 valence electrons. The van der Waals surface area contributed by atoms with E-state index in [1.807, 2.05) is 56.0 Å². The van der Waals surface area contributed by atoms with Crippen LogP contribution in [-0.4, -0.2) is 35.3 Å². The molecule has 3 rings (SSSR count). The number of ether oxygens (including phenoxy) is 2. The highest BCUT2D eigenvalue weighted by Crippen LogP contribution is 2.35. The number of amides is 1. The Kier molecular flexibility index (Phi) is 5.36. The fourth-order valence-electron chi connectivity index (χ4n) is 3.72. The summed E-state index contributed by atoms with van der Waals surface area (Å²) in [5, 5.41) is 0. The van der Waals surface area contributed by atoms with Crippen molar-refractivity contribution in [1.82, 2.24) is 4.90 Å². The maximum absolute atomic E-state index is 12.6. The van der Waals surface area contributed by atoms with Gasteiger partial charge in [0.25, 0.3) is 0 Å². The lowest BCUT2D eigenvalue weighted by molar-refractivity contribution is -0.00165.